The van der Waals surface area contributed by atoms with Gasteiger partial charge >= 0.3 is 0 Å². The van der Waals surface area contributed by atoms with E-state index in [1.54, 1.807) is 19.4 Å². The van der Waals surface area contributed by atoms with Gasteiger partial charge in [-0.25, -0.2) is 18.7 Å². The quantitative estimate of drug-likeness (QED) is 0.411. The molecule has 0 saturated carbocycles. The van der Waals surface area contributed by atoms with Crippen LogP contribution in [0.4, 0.5) is 20.3 Å². The number of anilines is 2. The normalized spacial score (nSPS) is 19.1. The first-order chi connectivity index (χ1) is 18.5. The monoisotopic (exact) mass is 518 g/mol. The van der Waals surface area contributed by atoms with Gasteiger partial charge in [-0.1, -0.05) is 6.07 Å². The van der Waals surface area contributed by atoms with E-state index >= 15 is 0 Å². The molecule has 0 radical (unpaired) electrons. The van der Waals surface area contributed by atoms with E-state index in [-0.39, 0.29) is 5.57 Å². The molecule has 2 atom stereocenters. The third-order valence-corrected chi connectivity index (χ3v) is 6.99. The second-order valence-electron chi connectivity index (χ2n) is 9.32. The average molecular weight is 519 g/mol. The molecule has 3 aliphatic rings. The molecule has 11 heteroatoms. The molecule has 3 N–H and O–H groups in total. The lowest BCUT2D eigenvalue weighted by atomic mass is 9.87. The number of fused-ring (bicyclic) bond motifs is 2. The van der Waals surface area contributed by atoms with Crippen LogP contribution in [0.3, 0.4) is 0 Å². The average Bonchev–Trinajstić information content (AvgIpc) is 2.96. The first kappa shape index (κ1) is 25.4. The summed E-state index contributed by atoms with van der Waals surface area (Å²) in [4.78, 5) is 18.1. The van der Waals surface area contributed by atoms with Gasteiger partial charge in [0, 0.05) is 67.5 Å². The van der Waals surface area contributed by atoms with Crippen LogP contribution in [0.25, 0.3) is 16.7 Å². The van der Waals surface area contributed by atoms with Gasteiger partial charge < -0.3 is 20.7 Å². The van der Waals surface area contributed by atoms with Crippen LogP contribution in [0.1, 0.15) is 17.7 Å². The number of nitrogens with two attached hydrogens (primary N) is 1. The molecule has 0 amide bonds. The Morgan fingerprint density at radius 3 is 2.61 bits per heavy atom. The number of nitrogens with zero attached hydrogens (tertiary/aromatic N) is 6. The van der Waals surface area contributed by atoms with Gasteiger partial charge in [0.25, 0.3) is 6.43 Å². The number of methoxy groups -OCH3 is 1. The number of hydrogen-bond donors (Lipinski definition) is 2. The van der Waals surface area contributed by atoms with Crippen molar-refractivity contribution in [3.63, 3.8) is 0 Å². The van der Waals surface area contributed by atoms with Crippen LogP contribution in [0.5, 0.6) is 5.88 Å². The lowest BCUT2D eigenvalue weighted by molar-refractivity contribution is -0.00876. The molecule has 0 aliphatic carbocycles. The summed E-state index contributed by atoms with van der Waals surface area (Å²) < 4.78 is 30.5. The van der Waals surface area contributed by atoms with E-state index in [1.165, 1.54) is 12.4 Å². The molecule has 9 nitrogen and oxygen atoms in total. The molecule has 6 rings (SSSR count). The lowest BCUT2D eigenvalue weighted by Gasteiger charge is -2.56. The maximum atomic E-state index is 12.7. The predicted molar refractivity (Wildman–Crippen MR) is 140 cm³/mol. The summed E-state index contributed by atoms with van der Waals surface area (Å²) in [6, 6.07) is 12.4. The van der Waals surface area contributed by atoms with Gasteiger partial charge in [-0.15, -0.1) is 0 Å². The van der Waals surface area contributed by atoms with Crippen molar-refractivity contribution in [3.8, 4) is 23.1 Å². The number of allylic oxidation sites excluding steroid dienone is 1. The fourth-order valence-electron chi connectivity index (χ4n) is 5.06. The maximum absolute atomic E-state index is 12.7. The summed E-state index contributed by atoms with van der Waals surface area (Å²) in [5, 5.41) is 12.2. The largest absolute Gasteiger partial charge is 0.481 e. The van der Waals surface area contributed by atoms with Crippen LogP contribution in [0.15, 0.2) is 55.1 Å². The van der Waals surface area contributed by atoms with Crippen LogP contribution >= 0.6 is 0 Å². The molecule has 3 aliphatic heterocycles. The Balaban J connectivity index is 1.30. The van der Waals surface area contributed by atoms with Gasteiger partial charge in [0.15, 0.2) is 0 Å². The lowest BCUT2D eigenvalue weighted by Crippen LogP contribution is -2.68. The van der Waals surface area contributed by atoms with Gasteiger partial charge in [0.05, 0.1) is 36.8 Å². The predicted octanol–water partition coefficient (Wildman–Crippen LogP) is 3.51. The van der Waals surface area contributed by atoms with Crippen LogP contribution in [-0.2, 0) is 6.54 Å². The molecule has 196 valence electrons. The molecule has 3 aromatic heterocycles. The van der Waals surface area contributed by atoms with Crippen LogP contribution in [-0.4, -0.2) is 65.1 Å². The highest BCUT2D eigenvalue weighted by atomic mass is 19.3. The third kappa shape index (κ3) is 5.21. The standard InChI is InChI=1S/C27H28F2N8O/c1-38-26-5-2-17(10-34-26)14-37-21-7-22(37)16-36(15-21)25-4-3-18(11-33-25)23-6-20(32-13-24(28)29)12-35-27(23)19(8-30)9-31/h2-6,8,10-12,21-22,24,32H,7,13-16,30H2,1H3. The summed E-state index contributed by atoms with van der Waals surface area (Å²) in [6.45, 7) is 2.11. The van der Waals surface area contributed by atoms with Gasteiger partial charge in [0.1, 0.15) is 11.9 Å². The Kier molecular flexibility index (Phi) is 7.33. The van der Waals surface area contributed by atoms with Crippen molar-refractivity contribution in [2.45, 2.75) is 31.5 Å². The number of aromatic nitrogens is 3. The van der Waals surface area contributed by atoms with Crippen LogP contribution in [0.2, 0.25) is 0 Å². The number of piperazine rings is 1. The van der Waals surface area contributed by atoms with Crippen molar-refractivity contribution in [2.24, 2.45) is 5.73 Å². The zero-order chi connectivity index (χ0) is 26.6. The Labute approximate surface area is 219 Å². The van der Waals surface area contributed by atoms with Gasteiger partial charge in [-0.05, 0) is 30.2 Å². The van der Waals surface area contributed by atoms with Gasteiger partial charge in [0.2, 0.25) is 5.88 Å². The van der Waals surface area contributed by atoms with Gasteiger partial charge in [-0.3, -0.25) is 9.88 Å². The van der Waals surface area contributed by atoms with E-state index in [1.807, 2.05) is 30.5 Å². The second kappa shape index (κ2) is 11.0. The molecule has 2 bridgehead atoms. The number of ether oxygens (including phenoxy) is 1. The second-order valence-corrected chi connectivity index (χ2v) is 9.32. The molecule has 3 aromatic rings. The Hall–Kier alpha value is -4.30. The highest BCUT2D eigenvalue weighted by molar-refractivity contribution is 5.86. The van der Waals surface area contributed by atoms with Crippen molar-refractivity contribution in [1.82, 2.24) is 19.9 Å². The summed E-state index contributed by atoms with van der Waals surface area (Å²) >= 11 is 0. The van der Waals surface area contributed by atoms with Gasteiger partial charge in [-0.2, -0.15) is 5.26 Å². The van der Waals surface area contributed by atoms with E-state index in [0.717, 1.165) is 37.4 Å². The number of pyridine rings is 3. The number of alkyl halides is 2. The number of nitriles is 1. The van der Waals surface area contributed by atoms with Crippen molar-refractivity contribution in [1.29, 1.82) is 5.26 Å². The van der Waals surface area contributed by atoms with Crippen molar-refractivity contribution < 1.29 is 13.5 Å². The topological polar surface area (TPSA) is 116 Å². The fraction of sp³-hybridized carbons (Fsp3) is 0.333. The summed E-state index contributed by atoms with van der Waals surface area (Å²) in [6.07, 6.45) is 4.85. The summed E-state index contributed by atoms with van der Waals surface area (Å²) in [7, 11) is 1.61. The maximum Gasteiger partial charge on any atom is 0.255 e. The zero-order valence-electron chi connectivity index (χ0n) is 20.9. The van der Waals surface area contributed by atoms with E-state index in [9.17, 15) is 14.0 Å². The van der Waals surface area contributed by atoms with E-state index in [2.05, 4.69) is 31.2 Å². The minimum absolute atomic E-state index is 0.188. The van der Waals surface area contributed by atoms with E-state index in [0.29, 0.717) is 40.5 Å². The molecular weight excluding hydrogens is 490 g/mol. The Morgan fingerprint density at radius 2 is 2.00 bits per heavy atom. The first-order valence-corrected chi connectivity index (χ1v) is 12.3. The third-order valence-electron chi connectivity index (χ3n) is 6.99. The van der Waals surface area contributed by atoms with Crippen LogP contribution in [0, 0.1) is 11.3 Å². The summed E-state index contributed by atoms with van der Waals surface area (Å²) in [5.74, 6) is 1.48. The van der Waals surface area contributed by atoms with Crippen LogP contribution < -0.4 is 20.7 Å². The molecular formula is C27H28F2N8O. The Morgan fingerprint density at radius 1 is 1.18 bits per heavy atom. The van der Waals surface area contributed by atoms with E-state index < -0.39 is 13.0 Å². The molecule has 3 saturated heterocycles. The number of nitrogens with one attached hydrogen (secondary N) is 1. The highest BCUT2D eigenvalue weighted by Crippen LogP contribution is 2.36. The number of rotatable bonds is 9. The number of hydrogen-bond acceptors (Lipinski definition) is 9. The fourth-order valence-corrected chi connectivity index (χ4v) is 5.06. The summed E-state index contributed by atoms with van der Waals surface area (Å²) in [5.41, 5.74) is 9.07. The molecule has 0 aromatic carbocycles. The molecule has 38 heavy (non-hydrogen) atoms. The number of halogens is 2. The Bertz CT molecular complexity index is 1330. The molecule has 6 heterocycles. The smallest absolute Gasteiger partial charge is 0.255 e. The minimum atomic E-state index is -2.50. The van der Waals surface area contributed by atoms with E-state index in [4.69, 9.17) is 15.5 Å². The number of piperidine rings is 1. The first-order valence-electron chi connectivity index (χ1n) is 12.3. The van der Waals surface area contributed by atoms with Crippen molar-refractivity contribution >= 4 is 17.1 Å². The molecule has 0 spiro atoms. The van der Waals surface area contributed by atoms with Crippen molar-refractivity contribution in [3.05, 3.63) is 66.4 Å². The minimum Gasteiger partial charge on any atom is -0.481 e. The SMILES string of the molecule is COc1ccc(CN2C3CC2CN(c2ccc(-c4cc(NCC(F)F)cnc4C(C#N)=CN)cn2)C3)cn1. The molecule has 2 unspecified atom stereocenters. The highest BCUT2D eigenvalue weighted by Gasteiger charge is 2.44. The van der Waals surface area contributed by atoms with Crippen molar-refractivity contribution in [2.75, 3.05) is 37.0 Å². The zero-order valence-corrected chi connectivity index (χ0v) is 20.9. The molecule has 3 fully saturated rings.